The second kappa shape index (κ2) is 33.7. The summed E-state index contributed by atoms with van der Waals surface area (Å²) in [6, 6.07) is -6.47. The largest absolute Gasteiger partial charge is 0.508 e. The maximum atomic E-state index is 14.7. The monoisotopic (exact) mass is 1140 g/mol. The van der Waals surface area contributed by atoms with Crippen molar-refractivity contribution in [1.29, 1.82) is 0 Å². The molecule has 26 heteroatoms. The number of hydrogen-bond acceptors (Lipinski definition) is 19. The van der Waals surface area contributed by atoms with Gasteiger partial charge in [0.15, 0.2) is 0 Å². The first kappa shape index (κ1) is 67.4. The van der Waals surface area contributed by atoms with Gasteiger partial charge in [-0.25, -0.2) is 0 Å². The summed E-state index contributed by atoms with van der Waals surface area (Å²) in [5.41, 5.74) is 11.3. The Morgan fingerprint density at radius 3 is 2.01 bits per heavy atom. The van der Waals surface area contributed by atoms with E-state index in [0.29, 0.717) is 24.7 Å². The number of amides is 7. The van der Waals surface area contributed by atoms with E-state index >= 15 is 0 Å². The first-order valence-electron chi connectivity index (χ1n) is 28.4. The van der Waals surface area contributed by atoms with Gasteiger partial charge >= 0.3 is 0 Å². The van der Waals surface area contributed by atoms with Crippen LogP contribution in [-0.2, 0) is 38.3 Å². The molecule has 3 aliphatic rings. The number of nitrogens with two attached hydrogens (primary N) is 2. The molecule has 454 valence electrons. The number of ether oxygens (including phenoxy) is 1. The van der Waals surface area contributed by atoms with Crippen molar-refractivity contribution < 1.29 is 79.2 Å². The fourth-order valence-corrected chi connectivity index (χ4v) is 10.5. The topological polar surface area (TPSA) is 421 Å². The lowest BCUT2D eigenvalue weighted by Gasteiger charge is -2.35. The van der Waals surface area contributed by atoms with Crippen LogP contribution in [0.5, 0.6) is 5.75 Å². The molecule has 16 atom stereocenters. The van der Waals surface area contributed by atoms with E-state index in [2.05, 4.69) is 52.7 Å². The predicted octanol–water partition coefficient (Wildman–Crippen LogP) is -3.30. The number of aliphatic hydroxyl groups excluding tert-OH is 7. The third-order valence-corrected chi connectivity index (χ3v) is 15.3. The summed E-state index contributed by atoms with van der Waals surface area (Å²) in [6.45, 7) is 7.04. The van der Waals surface area contributed by atoms with E-state index in [9.17, 15) is 74.4 Å². The molecule has 0 radical (unpaired) electrons. The molecule has 0 saturated carbocycles. The van der Waals surface area contributed by atoms with Gasteiger partial charge in [0.05, 0.1) is 43.7 Å². The number of rotatable bonds is 26. The van der Waals surface area contributed by atoms with Crippen molar-refractivity contribution in [2.24, 2.45) is 23.3 Å². The highest BCUT2D eigenvalue weighted by molar-refractivity contribution is 5.98. The van der Waals surface area contributed by atoms with E-state index < -0.39 is 146 Å². The van der Waals surface area contributed by atoms with Crippen LogP contribution >= 0.6 is 0 Å². The summed E-state index contributed by atoms with van der Waals surface area (Å²) in [5, 5.41) is 105. The smallest absolute Gasteiger partial charge is 0.248 e. The van der Waals surface area contributed by atoms with Crippen molar-refractivity contribution in [1.82, 2.24) is 41.7 Å². The van der Waals surface area contributed by atoms with E-state index in [0.717, 1.165) is 55.2 Å². The van der Waals surface area contributed by atoms with Crippen LogP contribution in [0.4, 0.5) is 0 Å². The quantitative estimate of drug-likeness (QED) is 0.0404. The minimum atomic E-state index is -2.29. The van der Waals surface area contributed by atoms with Crippen molar-refractivity contribution in [3.63, 3.8) is 0 Å². The van der Waals surface area contributed by atoms with E-state index in [4.69, 9.17) is 16.2 Å². The molecule has 3 fully saturated rings. The van der Waals surface area contributed by atoms with Crippen LogP contribution in [0.1, 0.15) is 129 Å². The van der Waals surface area contributed by atoms with Crippen molar-refractivity contribution in [3.05, 3.63) is 29.8 Å². The molecule has 0 bridgehead atoms. The van der Waals surface area contributed by atoms with Crippen LogP contribution in [0.2, 0.25) is 0 Å². The molecular formula is C54H92N10O16. The molecule has 0 aliphatic carbocycles. The summed E-state index contributed by atoms with van der Waals surface area (Å²) >= 11 is 0. The molecule has 26 nitrogen and oxygen atoms in total. The summed E-state index contributed by atoms with van der Waals surface area (Å²) < 4.78 is 5.48. The van der Waals surface area contributed by atoms with Crippen LogP contribution in [0.3, 0.4) is 0 Å². The number of phenolic OH excluding ortho intramolecular Hbond substituents is 1. The second-order valence-electron chi connectivity index (χ2n) is 21.9. The minimum Gasteiger partial charge on any atom is -0.508 e. The van der Waals surface area contributed by atoms with Gasteiger partial charge in [-0.2, -0.15) is 0 Å². The third-order valence-electron chi connectivity index (χ3n) is 15.3. The van der Waals surface area contributed by atoms with E-state index in [-0.39, 0.29) is 70.0 Å². The average Bonchev–Trinajstić information content (AvgIpc) is 4.12. The second-order valence-corrected chi connectivity index (χ2v) is 21.9. The predicted molar refractivity (Wildman–Crippen MR) is 291 cm³/mol. The van der Waals surface area contributed by atoms with Crippen molar-refractivity contribution in [2.45, 2.75) is 203 Å². The van der Waals surface area contributed by atoms with Gasteiger partial charge in [-0.3, -0.25) is 38.9 Å². The van der Waals surface area contributed by atoms with Crippen molar-refractivity contribution >= 4 is 41.4 Å². The molecule has 3 aliphatic heterocycles. The Morgan fingerprint density at radius 1 is 0.725 bits per heavy atom. The van der Waals surface area contributed by atoms with E-state index in [1.165, 1.54) is 30.7 Å². The molecule has 9 unspecified atom stereocenters. The molecule has 0 spiro atoms. The molecule has 80 heavy (non-hydrogen) atoms. The first-order chi connectivity index (χ1) is 38.0. The number of aliphatic hydroxyl groups is 7. The minimum absolute atomic E-state index is 0.00520. The van der Waals surface area contributed by atoms with Gasteiger partial charge in [-0.15, -0.1) is 0 Å². The zero-order chi connectivity index (χ0) is 59.2. The SMILES string of the molecule is CCC(C)CC(C)CCCCCCCCC(=O)NC1C[C@@H](O)C(NCCOCCN)NC(=O)C2[C@@H](O)CCN2C(=O)C([C@H](O)CCN)NC(=O)C([C@H](O)[C@@H](O)c2ccc(O)cc2)NC(=O)C2C[C@@H](O)CN2C(=O)C([C@@H](C)O)NC1=O. The summed E-state index contributed by atoms with van der Waals surface area (Å²) in [4.78, 5) is 103. The van der Waals surface area contributed by atoms with Crippen LogP contribution < -0.4 is 43.4 Å². The number of phenols is 1. The Bertz CT molecular complexity index is 2130. The zero-order valence-electron chi connectivity index (χ0n) is 46.8. The highest BCUT2D eigenvalue weighted by Gasteiger charge is 2.49. The standard InChI is InChI=1S/C54H92N10O16/c1-5-30(2)26-31(3)12-10-8-6-7-9-11-13-41(71)58-36-28-40(70)48(57-22-25-80-24-21-56)62-52(77)45-39(69)19-23-63(45)54(79)43(38(68)18-20-55)60-51(76)44(47(73)46(72)33-14-16-34(66)17-15-33)61-50(75)37-27-35(67)29-64(37)53(78)42(32(4)65)59-49(36)74/h14-17,30-32,35-40,42-48,57,65-70,72-73H,5-13,18-29,55-56H2,1-4H3,(H,58,71)(H,59,74)(H,60,76)(H,61,75)(H,62,77)/t30?,31?,32-,35-,36?,37?,38-,39+,40-,42?,43?,44?,45?,46+,47+,48?/m1/s1. The Balaban J connectivity index is 1.75. The molecule has 18 N–H and O–H groups in total. The van der Waals surface area contributed by atoms with Crippen molar-refractivity contribution in [2.75, 3.05) is 45.9 Å². The number of unbranched alkanes of at least 4 members (excludes halogenated alkanes) is 5. The van der Waals surface area contributed by atoms with Gasteiger partial charge in [0.25, 0.3) is 0 Å². The van der Waals surface area contributed by atoms with Crippen LogP contribution in [0.15, 0.2) is 24.3 Å². The number of carbonyl (C=O) groups excluding carboxylic acids is 7. The Hall–Kier alpha value is -5.13. The molecule has 7 amide bonds. The first-order valence-corrected chi connectivity index (χ1v) is 28.4. The zero-order valence-corrected chi connectivity index (χ0v) is 46.8. The molecule has 4 rings (SSSR count). The summed E-state index contributed by atoms with van der Waals surface area (Å²) in [7, 11) is 0. The van der Waals surface area contributed by atoms with E-state index in [1.807, 2.05) is 0 Å². The summed E-state index contributed by atoms with van der Waals surface area (Å²) in [5.74, 6) is -6.49. The molecule has 3 heterocycles. The lowest BCUT2D eigenvalue weighted by atomic mass is 9.91. The van der Waals surface area contributed by atoms with Gasteiger partial charge < -0.3 is 93.4 Å². The molecule has 0 aromatic heterocycles. The van der Waals surface area contributed by atoms with Crippen LogP contribution in [0, 0.1) is 11.8 Å². The molecule has 3 saturated heterocycles. The number of hydrogen-bond donors (Lipinski definition) is 16. The number of benzene rings is 1. The van der Waals surface area contributed by atoms with Gasteiger partial charge in [0, 0.05) is 45.4 Å². The Labute approximate surface area is 468 Å². The molecule has 1 aromatic rings. The number of carbonyl (C=O) groups is 7. The molecular weight excluding hydrogens is 1040 g/mol. The van der Waals surface area contributed by atoms with Crippen LogP contribution in [0.25, 0.3) is 0 Å². The molecule has 1 aromatic carbocycles. The lowest BCUT2D eigenvalue weighted by Crippen LogP contribution is -2.65. The number of fused-ring (bicyclic) bond motifs is 2. The van der Waals surface area contributed by atoms with E-state index in [1.54, 1.807) is 0 Å². The van der Waals surface area contributed by atoms with Crippen LogP contribution in [-0.4, -0.2) is 217 Å². The van der Waals surface area contributed by atoms with Gasteiger partial charge in [0.2, 0.25) is 41.4 Å². The Morgan fingerprint density at radius 2 is 1.36 bits per heavy atom. The normalized spacial score (nSPS) is 28.0. The van der Waals surface area contributed by atoms with Gasteiger partial charge in [-0.1, -0.05) is 77.8 Å². The highest BCUT2D eigenvalue weighted by atomic mass is 16.5. The lowest BCUT2D eigenvalue weighted by molar-refractivity contribution is -0.148. The number of aromatic hydroxyl groups is 1. The Kier molecular flexibility index (Phi) is 28.4. The van der Waals surface area contributed by atoms with Gasteiger partial charge in [-0.05, 0) is 68.7 Å². The summed E-state index contributed by atoms with van der Waals surface area (Å²) in [6.07, 6.45) is -7.15. The number of nitrogens with one attached hydrogen (secondary N) is 6. The van der Waals surface area contributed by atoms with Crippen molar-refractivity contribution in [3.8, 4) is 5.75 Å². The third kappa shape index (κ3) is 20.1. The number of nitrogens with zero attached hydrogens (tertiary/aromatic N) is 2. The average molecular weight is 1140 g/mol. The highest BCUT2D eigenvalue weighted by Crippen LogP contribution is 2.27. The maximum Gasteiger partial charge on any atom is 0.248 e. The van der Waals surface area contributed by atoms with Gasteiger partial charge in [0.1, 0.15) is 60.4 Å². The fraction of sp³-hybridized carbons (Fsp3) is 0.759. The fourth-order valence-electron chi connectivity index (χ4n) is 10.5. The maximum absolute atomic E-state index is 14.7.